The van der Waals surface area contributed by atoms with Gasteiger partial charge >= 0.3 is 0 Å². The van der Waals surface area contributed by atoms with Gasteiger partial charge in [-0.05, 0) is 29.7 Å². The van der Waals surface area contributed by atoms with Gasteiger partial charge in [0.05, 0.1) is 18.8 Å². The van der Waals surface area contributed by atoms with Crippen LogP contribution in [0.4, 0.5) is 5.82 Å². The Bertz CT molecular complexity index is 1120. The number of hydrogen-bond donors (Lipinski definition) is 3. The maximum atomic E-state index is 12.6. The third-order valence-electron chi connectivity index (χ3n) is 4.38. The average molecular weight is 537 g/mol. The van der Waals surface area contributed by atoms with Crippen LogP contribution in [0.2, 0.25) is 0 Å². The van der Waals surface area contributed by atoms with Gasteiger partial charge in [0, 0.05) is 17.6 Å². The Morgan fingerprint density at radius 1 is 1.00 bits per heavy atom. The molecule has 176 valence electrons. The van der Waals surface area contributed by atoms with Crippen molar-refractivity contribution in [3.8, 4) is 17.0 Å². The molecule has 0 fully saturated rings. The van der Waals surface area contributed by atoms with Gasteiger partial charge in [-0.2, -0.15) is 13.1 Å². The van der Waals surface area contributed by atoms with Gasteiger partial charge in [-0.3, -0.25) is 4.72 Å². The zero-order valence-corrected chi connectivity index (χ0v) is 20.2. The molecule has 11 heteroatoms. The van der Waals surface area contributed by atoms with E-state index in [1.165, 1.54) is 6.33 Å². The molecule has 1 heterocycles. The van der Waals surface area contributed by atoms with Gasteiger partial charge in [0.25, 0.3) is 10.2 Å². The molecule has 0 bridgehead atoms. The van der Waals surface area contributed by atoms with Crippen molar-refractivity contribution in [1.82, 2.24) is 14.7 Å². The monoisotopic (exact) mass is 536 g/mol. The molecular weight excluding hydrogens is 512 g/mol. The van der Waals surface area contributed by atoms with E-state index in [0.29, 0.717) is 30.8 Å². The minimum Gasteiger partial charge on any atom is -0.475 e. The summed E-state index contributed by atoms with van der Waals surface area (Å²) >= 11 is 3.38. The highest BCUT2D eigenvalue weighted by atomic mass is 79.9. The largest absolute Gasteiger partial charge is 0.475 e. The second-order valence-corrected chi connectivity index (χ2v) is 9.29. The van der Waals surface area contributed by atoms with Crippen LogP contribution >= 0.6 is 15.9 Å². The first-order chi connectivity index (χ1) is 16.0. The van der Waals surface area contributed by atoms with Crippen molar-refractivity contribution in [3.63, 3.8) is 0 Å². The van der Waals surface area contributed by atoms with E-state index >= 15 is 0 Å². The predicted molar refractivity (Wildman–Crippen MR) is 129 cm³/mol. The number of aliphatic hydroxyl groups excluding tert-OH is 1. The summed E-state index contributed by atoms with van der Waals surface area (Å²) in [6, 6.07) is 16.9. The zero-order valence-electron chi connectivity index (χ0n) is 17.8. The molecule has 0 atom stereocenters. The van der Waals surface area contributed by atoms with Crippen molar-refractivity contribution in [2.24, 2.45) is 0 Å². The summed E-state index contributed by atoms with van der Waals surface area (Å²) < 4.78 is 42.1. The van der Waals surface area contributed by atoms with Crippen LogP contribution in [0, 0.1) is 0 Å². The SMILES string of the molecule is O=S(=O)(NCCCOCc1ccccc1)Nc1ncnc(OCCO)c1-c1ccc(Br)cc1. The molecular formula is C22H25BrN4O5S. The number of halogens is 1. The topological polar surface area (TPSA) is 123 Å². The predicted octanol–water partition coefficient (Wildman–Crippen LogP) is 3.13. The van der Waals surface area contributed by atoms with E-state index in [0.717, 1.165) is 10.0 Å². The first-order valence-corrected chi connectivity index (χ1v) is 12.5. The molecule has 3 rings (SSSR count). The molecule has 1 aromatic heterocycles. The number of nitrogens with zero attached hydrogens (tertiary/aromatic N) is 2. The molecule has 0 aliphatic heterocycles. The zero-order chi connectivity index (χ0) is 23.5. The molecule has 0 aliphatic rings. The normalized spacial score (nSPS) is 11.3. The number of aromatic nitrogens is 2. The van der Waals surface area contributed by atoms with Crippen LogP contribution in [0.5, 0.6) is 5.88 Å². The summed E-state index contributed by atoms with van der Waals surface area (Å²) in [5, 5.41) is 9.10. The van der Waals surface area contributed by atoms with E-state index in [2.05, 4.69) is 35.3 Å². The number of anilines is 1. The first-order valence-electron chi connectivity index (χ1n) is 10.2. The minimum atomic E-state index is -3.91. The summed E-state index contributed by atoms with van der Waals surface area (Å²) in [6.45, 7) is 0.873. The summed E-state index contributed by atoms with van der Waals surface area (Å²) in [5.41, 5.74) is 2.08. The maximum absolute atomic E-state index is 12.6. The standard InChI is InChI=1S/C22H25BrN4O5S/c23-19-9-7-18(8-10-19)20-21(24-16-25-22(20)32-14-12-28)27-33(29,30)26-11-4-13-31-15-17-5-2-1-3-6-17/h1-3,5-10,16,26,28H,4,11-15H2,(H,24,25,27). The fourth-order valence-corrected chi connectivity index (χ4v) is 4.04. The number of hydrogen-bond acceptors (Lipinski definition) is 7. The van der Waals surface area contributed by atoms with Gasteiger partial charge < -0.3 is 14.6 Å². The molecule has 2 aromatic carbocycles. The highest BCUT2D eigenvalue weighted by Gasteiger charge is 2.19. The van der Waals surface area contributed by atoms with E-state index in [4.69, 9.17) is 14.6 Å². The second kappa shape index (κ2) is 12.6. The van der Waals surface area contributed by atoms with E-state index in [-0.39, 0.29) is 31.5 Å². The van der Waals surface area contributed by atoms with Crippen LogP contribution in [0.1, 0.15) is 12.0 Å². The van der Waals surface area contributed by atoms with Crippen LogP contribution in [0.3, 0.4) is 0 Å². The number of aliphatic hydroxyl groups is 1. The lowest BCUT2D eigenvalue weighted by Crippen LogP contribution is -2.32. The van der Waals surface area contributed by atoms with Gasteiger partial charge in [0.15, 0.2) is 5.82 Å². The van der Waals surface area contributed by atoms with Crippen molar-refractivity contribution in [2.45, 2.75) is 13.0 Å². The smallest absolute Gasteiger partial charge is 0.300 e. The van der Waals surface area contributed by atoms with Gasteiger partial charge in [0.2, 0.25) is 5.88 Å². The van der Waals surface area contributed by atoms with Gasteiger partial charge in [-0.1, -0.05) is 58.4 Å². The van der Waals surface area contributed by atoms with Crippen LogP contribution in [-0.4, -0.2) is 49.9 Å². The van der Waals surface area contributed by atoms with Crippen LogP contribution in [0.15, 0.2) is 65.4 Å². The van der Waals surface area contributed by atoms with E-state index in [1.54, 1.807) is 12.1 Å². The molecule has 0 amide bonds. The maximum Gasteiger partial charge on any atom is 0.300 e. The Kier molecular flexibility index (Phi) is 9.58. The fourth-order valence-electron chi connectivity index (χ4n) is 2.88. The quantitative estimate of drug-likeness (QED) is 0.287. The van der Waals surface area contributed by atoms with Gasteiger partial charge in [0.1, 0.15) is 12.9 Å². The van der Waals surface area contributed by atoms with Crippen molar-refractivity contribution in [2.75, 3.05) is 31.1 Å². The fraction of sp³-hybridized carbons (Fsp3) is 0.273. The first kappa shape index (κ1) is 25.1. The van der Waals surface area contributed by atoms with Crippen molar-refractivity contribution in [1.29, 1.82) is 0 Å². The molecule has 0 spiro atoms. The Labute approximate surface area is 201 Å². The number of benzene rings is 2. The highest BCUT2D eigenvalue weighted by molar-refractivity contribution is 9.10. The molecule has 9 nitrogen and oxygen atoms in total. The Balaban J connectivity index is 1.62. The molecule has 33 heavy (non-hydrogen) atoms. The molecule has 0 saturated heterocycles. The summed E-state index contributed by atoms with van der Waals surface area (Å²) in [6.07, 6.45) is 1.70. The molecule has 0 unspecified atom stereocenters. The Hall–Kier alpha value is -2.57. The highest BCUT2D eigenvalue weighted by Crippen LogP contribution is 2.34. The third kappa shape index (κ3) is 8.06. The number of ether oxygens (including phenoxy) is 2. The van der Waals surface area contributed by atoms with Crippen LogP contribution < -0.4 is 14.2 Å². The van der Waals surface area contributed by atoms with E-state index in [1.807, 2.05) is 42.5 Å². The molecule has 0 saturated carbocycles. The Morgan fingerprint density at radius 3 is 2.48 bits per heavy atom. The van der Waals surface area contributed by atoms with Gasteiger partial charge in [-0.15, -0.1) is 0 Å². The third-order valence-corrected chi connectivity index (χ3v) is 5.95. The Morgan fingerprint density at radius 2 is 1.76 bits per heavy atom. The lowest BCUT2D eigenvalue weighted by atomic mass is 10.1. The van der Waals surface area contributed by atoms with Crippen molar-refractivity contribution < 1.29 is 23.0 Å². The molecule has 3 N–H and O–H groups in total. The molecule has 3 aromatic rings. The van der Waals surface area contributed by atoms with Gasteiger partial charge in [-0.25, -0.2) is 9.97 Å². The summed E-state index contributed by atoms with van der Waals surface area (Å²) in [5.74, 6) is 0.224. The van der Waals surface area contributed by atoms with E-state index < -0.39 is 10.2 Å². The van der Waals surface area contributed by atoms with Crippen molar-refractivity contribution >= 4 is 32.0 Å². The minimum absolute atomic E-state index is 0.00790. The summed E-state index contributed by atoms with van der Waals surface area (Å²) in [7, 11) is -3.91. The van der Waals surface area contributed by atoms with Crippen molar-refractivity contribution in [3.05, 3.63) is 71.0 Å². The molecule has 0 radical (unpaired) electrons. The lowest BCUT2D eigenvalue weighted by Gasteiger charge is -2.15. The number of rotatable bonds is 13. The van der Waals surface area contributed by atoms with E-state index in [9.17, 15) is 8.42 Å². The molecule has 0 aliphatic carbocycles. The second-order valence-electron chi connectivity index (χ2n) is 6.87. The summed E-state index contributed by atoms with van der Waals surface area (Å²) in [4.78, 5) is 8.20. The average Bonchev–Trinajstić information content (AvgIpc) is 2.81. The van der Waals surface area contributed by atoms with Crippen LogP contribution in [-0.2, 0) is 21.6 Å². The number of nitrogens with one attached hydrogen (secondary N) is 2. The van der Waals surface area contributed by atoms with Crippen LogP contribution in [0.25, 0.3) is 11.1 Å². The lowest BCUT2D eigenvalue weighted by molar-refractivity contribution is 0.119.